The van der Waals surface area contributed by atoms with Crippen molar-refractivity contribution >= 4 is 5.91 Å². The van der Waals surface area contributed by atoms with E-state index in [1.54, 1.807) is 0 Å². The fourth-order valence-electron chi connectivity index (χ4n) is 1.32. The summed E-state index contributed by atoms with van der Waals surface area (Å²) in [5.41, 5.74) is 0. The topological polar surface area (TPSA) is 56.1 Å². The van der Waals surface area contributed by atoms with Gasteiger partial charge < -0.3 is 5.32 Å². The number of nitrogens with one attached hydrogen (secondary N) is 1. The highest BCUT2D eigenvalue weighted by molar-refractivity contribution is 5.78. The number of nitriles is 1. The van der Waals surface area contributed by atoms with Crippen molar-refractivity contribution in [3.05, 3.63) is 0 Å². The lowest BCUT2D eigenvalue weighted by Crippen LogP contribution is -2.43. The van der Waals surface area contributed by atoms with E-state index >= 15 is 0 Å². The van der Waals surface area contributed by atoms with Crippen LogP contribution in [0.4, 0.5) is 0 Å². The van der Waals surface area contributed by atoms with Crippen LogP contribution in [-0.4, -0.2) is 36.0 Å². The molecule has 0 aromatic carbocycles. The molecule has 0 saturated carbocycles. The minimum Gasteiger partial charge on any atom is -0.353 e. The Morgan fingerprint density at radius 2 is 2.06 bits per heavy atom. The zero-order valence-electron chi connectivity index (χ0n) is 10.8. The molecule has 0 aliphatic rings. The third-order valence-electron chi connectivity index (χ3n) is 2.61. The fourth-order valence-corrected chi connectivity index (χ4v) is 1.32. The zero-order chi connectivity index (χ0) is 12.6. The fraction of sp³-hybridized carbons (Fsp3) is 0.833. The predicted molar refractivity (Wildman–Crippen MR) is 64.8 cm³/mol. The van der Waals surface area contributed by atoms with Crippen molar-refractivity contribution in [2.24, 2.45) is 0 Å². The van der Waals surface area contributed by atoms with Gasteiger partial charge in [-0.1, -0.05) is 6.92 Å². The van der Waals surface area contributed by atoms with E-state index in [0.717, 1.165) is 6.42 Å². The van der Waals surface area contributed by atoms with Gasteiger partial charge in [0.05, 0.1) is 12.6 Å². The van der Waals surface area contributed by atoms with Crippen molar-refractivity contribution in [2.75, 3.05) is 13.1 Å². The Morgan fingerprint density at radius 1 is 1.44 bits per heavy atom. The Labute approximate surface area is 98.6 Å². The summed E-state index contributed by atoms with van der Waals surface area (Å²) in [6.45, 7) is 9.14. The van der Waals surface area contributed by atoms with Crippen LogP contribution in [0, 0.1) is 11.3 Å². The molecule has 1 N–H and O–H groups in total. The summed E-state index contributed by atoms with van der Waals surface area (Å²) in [4.78, 5) is 13.7. The number of carbonyl (C=O) groups is 1. The van der Waals surface area contributed by atoms with Crippen molar-refractivity contribution in [1.29, 1.82) is 5.26 Å². The van der Waals surface area contributed by atoms with Crippen LogP contribution in [0.25, 0.3) is 0 Å². The monoisotopic (exact) mass is 225 g/mol. The molecule has 0 aromatic heterocycles. The Balaban J connectivity index is 4.08. The minimum absolute atomic E-state index is 0.0426. The molecule has 1 atom stereocenters. The van der Waals surface area contributed by atoms with Crippen LogP contribution in [0.3, 0.4) is 0 Å². The predicted octanol–water partition coefficient (Wildman–Crippen LogP) is 1.53. The number of hydrogen-bond acceptors (Lipinski definition) is 3. The van der Waals surface area contributed by atoms with Crippen molar-refractivity contribution < 1.29 is 4.79 Å². The molecule has 0 bridgehead atoms. The third-order valence-corrected chi connectivity index (χ3v) is 2.61. The molecular weight excluding hydrogens is 202 g/mol. The quantitative estimate of drug-likeness (QED) is 0.715. The summed E-state index contributed by atoms with van der Waals surface area (Å²) in [6, 6.07) is 2.61. The number of nitrogens with zero attached hydrogens (tertiary/aromatic N) is 2. The molecule has 1 amide bonds. The summed E-state index contributed by atoms with van der Waals surface area (Å²) in [7, 11) is 0. The van der Waals surface area contributed by atoms with Crippen LogP contribution >= 0.6 is 0 Å². The highest BCUT2D eigenvalue weighted by Crippen LogP contribution is 1.99. The first-order valence-electron chi connectivity index (χ1n) is 5.91. The SMILES string of the molecule is CCC(C)NC(=O)CN(CCC#N)C(C)C. The molecule has 1 unspecified atom stereocenters. The van der Waals surface area contributed by atoms with Crippen LogP contribution in [0.5, 0.6) is 0 Å². The molecule has 0 aromatic rings. The highest BCUT2D eigenvalue weighted by Gasteiger charge is 2.14. The molecule has 0 heterocycles. The van der Waals surface area contributed by atoms with Crippen molar-refractivity contribution in [2.45, 2.75) is 52.6 Å². The molecule has 0 aliphatic carbocycles. The second kappa shape index (κ2) is 8.12. The van der Waals surface area contributed by atoms with Gasteiger partial charge in [0.15, 0.2) is 0 Å². The molecular formula is C12H23N3O. The van der Waals surface area contributed by atoms with Crippen LogP contribution in [0.1, 0.15) is 40.5 Å². The van der Waals surface area contributed by atoms with E-state index in [1.807, 2.05) is 32.6 Å². The minimum atomic E-state index is 0.0426. The Morgan fingerprint density at radius 3 is 2.50 bits per heavy atom. The lowest BCUT2D eigenvalue weighted by atomic mass is 10.2. The van der Waals surface area contributed by atoms with Gasteiger partial charge in [-0.25, -0.2) is 0 Å². The molecule has 0 radical (unpaired) electrons. The van der Waals surface area contributed by atoms with Gasteiger partial charge in [0.1, 0.15) is 0 Å². The summed E-state index contributed by atoms with van der Waals surface area (Å²) in [5.74, 6) is 0.0426. The molecule has 0 aliphatic heterocycles. The molecule has 4 nitrogen and oxygen atoms in total. The summed E-state index contributed by atoms with van der Waals surface area (Å²) in [5, 5.41) is 11.5. The second-order valence-corrected chi connectivity index (χ2v) is 4.35. The van der Waals surface area contributed by atoms with E-state index in [9.17, 15) is 4.79 Å². The van der Waals surface area contributed by atoms with Gasteiger partial charge >= 0.3 is 0 Å². The molecule has 4 heteroatoms. The maximum Gasteiger partial charge on any atom is 0.234 e. The Hall–Kier alpha value is -1.08. The molecule has 0 fully saturated rings. The van der Waals surface area contributed by atoms with Crippen LogP contribution in [-0.2, 0) is 4.79 Å². The maximum atomic E-state index is 11.7. The van der Waals surface area contributed by atoms with E-state index in [4.69, 9.17) is 5.26 Å². The smallest absolute Gasteiger partial charge is 0.234 e. The van der Waals surface area contributed by atoms with Gasteiger partial charge in [-0.15, -0.1) is 0 Å². The van der Waals surface area contributed by atoms with Gasteiger partial charge in [-0.05, 0) is 27.2 Å². The van der Waals surface area contributed by atoms with Crippen molar-refractivity contribution in [3.8, 4) is 6.07 Å². The molecule has 92 valence electrons. The van der Waals surface area contributed by atoms with Gasteiger partial charge in [0.25, 0.3) is 0 Å². The Bertz CT molecular complexity index is 245. The van der Waals surface area contributed by atoms with E-state index < -0.39 is 0 Å². The molecule has 16 heavy (non-hydrogen) atoms. The summed E-state index contributed by atoms with van der Waals surface area (Å²) < 4.78 is 0. The van der Waals surface area contributed by atoms with E-state index in [0.29, 0.717) is 19.5 Å². The first-order chi connectivity index (χ1) is 7.51. The van der Waals surface area contributed by atoms with Gasteiger partial charge in [0.2, 0.25) is 5.91 Å². The molecule has 0 rings (SSSR count). The second-order valence-electron chi connectivity index (χ2n) is 4.35. The number of rotatable bonds is 7. The van der Waals surface area contributed by atoms with E-state index in [2.05, 4.69) is 11.4 Å². The average Bonchev–Trinajstić information content (AvgIpc) is 2.23. The van der Waals surface area contributed by atoms with Crippen LogP contribution in [0.15, 0.2) is 0 Å². The first kappa shape index (κ1) is 14.9. The van der Waals surface area contributed by atoms with Gasteiger partial charge in [-0.2, -0.15) is 5.26 Å². The number of carbonyl (C=O) groups excluding carboxylic acids is 1. The average molecular weight is 225 g/mol. The maximum absolute atomic E-state index is 11.7. The third kappa shape index (κ3) is 6.41. The molecule has 0 spiro atoms. The Kier molecular flexibility index (Phi) is 7.57. The highest BCUT2D eigenvalue weighted by atomic mass is 16.2. The normalized spacial score (nSPS) is 12.6. The molecule has 0 saturated heterocycles. The lowest BCUT2D eigenvalue weighted by molar-refractivity contribution is -0.123. The van der Waals surface area contributed by atoms with Crippen LogP contribution < -0.4 is 5.32 Å². The first-order valence-corrected chi connectivity index (χ1v) is 5.91. The standard InChI is InChI=1S/C12H23N3O/c1-5-11(4)14-12(16)9-15(10(2)3)8-6-7-13/h10-11H,5-6,8-9H2,1-4H3,(H,14,16). The lowest BCUT2D eigenvalue weighted by Gasteiger charge is -2.25. The summed E-state index contributed by atoms with van der Waals surface area (Å²) in [6.07, 6.45) is 1.40. The van der Waals surface area contributed by atoms with Gasteiger partial charge in [0, 0.05) is 25.0 Å². The van der Waals surface area contributed by atoms with Crippen LogP contribution in [0.2, 0.25) is 0 Å². The van der Waals surface area contributed by atoms with Crippen molar-refractivity contribution in [3.63, 3.8) is 0 Å². The number of amides is 1. The summed E-state index contributed by atoms with van der Waals surface area (Å²) >= 11 is 0. The number of hydrogen-bond donors (Lipinski definition) is 1. The van der Waals surface area contributed by atoms with E-state index in [-0.39, 0.29) is 18.0 Å². The van der Waals surface area contributed by atoms with Gasteiger partial charge in [-0.3, -0.25) is 9.69 Å². The largest absolute Gasteiger partial charge is 0.353 e. The van der Waals surface area contributed by atoms with E-state index in [1.165, 1.54) is 0 Å². The van der Waals surface area contributed by atoms with Crippen molar-refractivity contribution in [1.82, 2.24) is 10.2 Å². The zero-order valence-corrected chi connectivity index (χ0v) is 10.8.